The number of methoxy groups -OCH3 is 2. The standard InChI is InChI=1S/C27H31NO6S3/c1-20-9-12-25(36(29,30)24-7-5-4-6-8-24)18-27(20)37(31,32)28(22-13-15-35-16-14-22)19-21-10-11-23(33-2)17-26(21)34-3/h4-12,17-18,22H,13-16,19H2,1-3H3. The van der Waals surface area contributed by atoms with Crippen LogP contribution in [0.15, 0.2) is 81.4 Å². The molecule has 10 heteroatoms. The average molecular weight is 562 g/mol. The molecule has 1 aliphatic heterocycles. The van der Waals surface area contributed by atoms with Crippen molar-refractivity contribution < 1.29 is 26.3 Å². The van der Waals surface area contributed by atoms with Crippen LogP contribution in [0.3, 0.4) is 0 Å². The van der Waals surface area contributed by atoms with Gasteiger partial charge in [-0.05, 0) is 67.2 Å². The number of thioether (sulfide) groups is 1. The van der Waals surface area contributed by atoms with E-state index in [2.05, 4.69) is 0 Å². The monoisotopic (exact) mass is 561 g/mol. The van der Waals surface area contributed by atoms with Gasteiger partial charge in [-0.3, -0.25) is 0 Å². The molecule has 0 radical (unpaired) electrons. The molecule has 198 valence electrons. The lowest BCUT2D eigenvalue weighted by molar-refractivity contribution is 0.291. The SMILES string of the molecule is COc1ccc(CN(C2CCSCC2)S(=O)(=O)c2cc(S(=O)(=O)c3ccccc3)ccc2C)c(OC)c1. The van der Waals surface area contributed by atoms with Crippen molar-refractivity contribution in [2.75, 3.05) is 25.7 Å². The normalized spacial score (nSPS) is 15.0. The first-order valence-electron chi connectivity index (χ1n) is 11.9. The summed E-state index contributed by atoms with van der Waals surface area (Å²) in [7, 11) is -4.85. The lowest BCUT2D eigenvalue weighted by Crippen LogP contribution is -2.42. The van der Waals surface area contributed by atoms with Crippen molar-refractivity contribution in [1.82, 2.24) is 4.31 Å². The maximum atomic E-state index is 14.3. The molecular weight excluding hydrogens is 530 g/mol. The zero-order valence-corrected chi connectivity index (χ0v) is 23.5. The van der Waals surface area contributed by atoms with E-state index in [1.165, 1.54) is 35.7 Å². The van der Waals surface area contributed by atoms with Crippen LogP contribution in [0.1, 0.15) is 24.0 Å². The van der Waals surface area contributed by atoms with Crippen LogP contribution in [0.4, 0.5) is 0 Å². The van der Waals surface area contributed by atoms with E-state index in [1.807, 2.05) is 0 Å². The molecule has 37 heavy (non-hydrogen) atoms. The fourth-order valence-corrected chi connectivity index (χ4v) is 8.80. The van der Waals surface area contributed by atoms with Gasteiger partial charge in [-0.1, -0.05) is 30.3 Å². The molecule has 3 aromatic rings. The zero-order valence-electron chi connectivity index (χ0n) is 21.1. The third kappa shape index (κ3) is 5.82. The minimum Gasteiger partial charge on any atom is -0.497 e. The summed E-state index contributed by atoms with van der Waals surface area (Å²) in [6.45, 7) is 1.79. The van der Waals surface area contributed by atoms with Gasteiger partial charge in [0.05, 0.1) is 28.9 Å². The Labute approximate surface area is 223 Å². The Hall–Kier alpha value is -2.53. The van der Waals surface area contributed by atoms with E-state index in [-0.39, 0.29) is 27.3 Å². The van der Waals surface area contributed by atoms with Crippen LogP contribution < -0.4 is 9.47 Å². The van der Waals surface area contributed by atoms with Crippen molar-refractivity contribution in [3.05, 3.63) is 77.9 Å². The molecule has 0 N–H and O–H groups in total. The summed E-state index contributed by atoms with van der Waals surface area (Å²) in [4.78, 5) is 0.0607. The molecule has 0 atom stereocenters. The van der Waals surface area contributed by atoms with Gasteiger partial charge in [-0.25, -0.2) is 16.8 Å². The van der Waals surface area contributed by atoms with Crippen molar-refractivity contribution in [2.45, 2.75) is 47.0 Å². The molecule has 1 aliphatic rings. The summed E-state index contributed by atoms with van der Waals surface area (Å²) >= 11 is 1.81. The number of sulfone groups is 1. The second-order valence-corrected chi connectivity index (χ2v) is 13.8. The van der Waals surface area contributed by atoms with Crippen LogP contribution in [-0.2, 0) is 26.4 Å². The van der Waals surface area contributed by atoms with Gasteiger partial charge in [0.25, 0.3) is 0 Å². The molecule has 4 rings (SSSR count). The van der Waals surface area contributed by atoms with E-state index in [9.17, 15) is 16.8 Å². The van der Waals surface area contributed by atoms with Crippen molar-refractivity contribution >= 4 is 31.6 Å². The van der Waals surface area contributed by atoms with Gasteiger partial charge >= 0.3 is 0 Å². The van der Waals surface area contributed by atoms with E-state index in [0.29, 0.717) is 35.5 Å². The molecular formula is C27H31NO6S3. The molecule has 1 heterocycles. The van der Waals surface area contributed by atoms with E-state index in [1.54, 1.807) is 68.3 Å². The molecule has 0 saturated carbocycles. The largest absolute Gasteiger partial charge is 0.497 e. The van der Waals surface area contributed by atoms with Gasteiger partial charge in [-0.15, -0.1) is 0 Å². The van der Waals surface area contributed by atoms with Crippen LogP contribution >= 0.6 is 11.8 Å². The Kier molecular flexibility index (Phi) is 8.52. The summed E-state index contributed by atoms with van der Waals surface area (Å²) in [6.07, 6.45) is 1.42. The lowest BCUT2D eigenvalue weighted by atomic mass is 10.1. The van der Waals surface area contributed by atoms with E-state index < -0.39 is 19.9 Å². The fourth-order valence-electron chi connectivity index (χ4n) is 4.42. The van der Waals surface area contributed by atoms with E-state index in [0.717, 1.165) is 11.5 Å². The Balaban J connectivity index is 1.80. The second kappa shape index (κ2) is 11.5. The van der Waals surface area contributed by atoms with Gasteiger partial charge < -0.3 is 9.47 Å². The van der Waals surface area contributed by atoms with Crippen LogP contribution in [-0.4, -0.2) is 52.9 Å². The minimum atomic E-state index is -4.06. The molecule has 0 unspecified atom stereocenters. The summed E-state index contributed by atoms with van der Waals surface area (Å²) in [5.41, 5.74) is 1.19. The minimum absolute atomic E-state index is 0.00443. The highest BCUT2D eigenvalue weighted by molar-refractivity contribution is 7.99. The number of nitrogens with zero attached hydrogens (tertiary/aromatic N) is 1. The number of rotatable bonds is 9. The third-order valence-electron chi connectivity index (χ3n) is 6.53. The quantitative estimate of drug-likeness (QED) is 0.366. The fraction of sp³-hybridized carbons (Fsp3) is 0.333. The lowest BCUT2D eigenvalue weighted by Gasteiger charge is -2.34. The smallest absolute Gasteiger partial charge is 0.243 e. The first-order valence-corrected chi connectivity index (χ1v) is 16.0. The molecule has 1 fully saturated rings. The summed E-state index contributed by atoms with van der Waals surface area (Å²) in [5.74, 6) is 2.86. The maximum absolute atomic E-state index is 14.3. The first kappa shape index (κ1) is 27.5. The van der Waals surface area contributed by atoms with Crippen molar-refractivity contribution in [3.63, 3.8) is 0 Å². The predicted molar refractivity (Wildman–Crippen MR) is 146 cm³/mol. The summed E-state index contributed by atoms with van der Waals surface area (Å²) < 4.78 is 67.4. The first-order chi connectivity index (χ1) is 17.7. The van der Waals surface area contributed by atoms with Gasteiger partial charge in [0.1, 0.15) is 11.5 Å². The molecule has 0 aromatic heterocycles. The van der Waals surface area contributed by atoms with Crippen LogP contribution in [0.2, 0.25) is 0 Å². The van der Waals surface area contributed by atoms with Gasteiger partial charge in [0.15, 0.2) is 0 Å². The highest BCUT2D eigenvalue weighted by Gasteiger charge is 2.35. The van der Waals surface area contributed by atoms with Crippen LogP contribution in [0.25, 0.3) is 0 Å². The van der Waals surface area contributed by atoms with E-state index in [4.69, 9.17) is 9.47 Å². The Morgan fingerprint density at radius 2 is 1.57 bits per heavy atom. The average Bonchev–Trinajstić information content (AvgIpc) is 2.92. The highest BCUT2D eigenvalue weighted by atomic mass is 32.2. The molecule has 0 bridgehead atoms. The molecule has 1 saturated heterocycles. The maximum Gasteiger partial charge on any atom is 0.243 e. The predicted octanol–water partition coefficient (Wildman–Crippen LogP) is 4.93. The molecule has 3 aromatic carbocycles. The van der Waals surface area contributed by atoms with E-state index >= 15 is 0 Å². The van der Waals surface area contributed by atoms with Crippen molar-refractivity contribution in [1.29, 1.82) is 0 Å². The Morgan fingerprint density at radius 3 is 2.22 bits per heavy atom. The topological polar surface area (TPSA) is 90.0 Å². The third-order valence-corrected chi connectivity index (χ3v) is 11.4. The number of benzene rings is 3. The second-order valence-electron chi connectivity index (χ2n) is 8.82. The number of hydrogen-bond acceptors (Lipinski definition) is 7. The number of aryl methyl sites for hydroxylation is 1. The number of ether oxygens (including phenoxy) is 2. The van der Waals surface area contributed by atoms with Gasteiger partial charge in [0.2, 0.25) is 19.9 Å². The highest BCUT2D eigenvalue weighted by Crippen LogP contribution is 2.34. The summed E-state index contributed by atoms with van der Waals surface area (Å²) in [6, 6.07) is 17.4. The molecule has 7 nitrogen and oxygen atoms in total. The summed E-state index contributed by atoms with van der Waals surface area (Å²) in [5, 5.41) is 0. The molecule has 0 spiro atoms. The van der Waals surface area contributed by atoms with Gasteiger partial charge in [0, 0.05) is 24.2 Å². The van der Waals surface area contributed by atoms with Crippen molar-refractivity contribution in [2.24, 2.45) is 0 Å². The molecule has 0 amide bonds. The number of hydrogen-bond donors (Lipinski definition) is 0. The van der Waals surface area contributed by atoms with Crippen LogP contribution in [0, 0.1) is 6.92 Å². The Morgan fingerprint density at radius 1 is 0.865 bits per heavy atom. The van der Waals surface area contributed by atoms with Gasteiger partial charge in [-0.2, -0.15) is 16.1 Å². The van der Waals surface area contributed by atoms with Crippen molar-refractivity contribution in [3.8, 4) is 11.5 Å². The Bertz CT molecular complexity index is 1450. The zero-order chi connectivity index (χ0) is 26.6. The molecule has 0 aliphatic carbocycles. The number of sulfonamides is 1. The van der Waals surface area contributed by atoms with Crippen LogP contribution in [0.5, 0.6) is 11.5 Å².